The second-order valence-corrected chi connectivity index (χ2v) is 5.79. The van der Waals surface area contributed by atoms with Crippen molar-refractivity contribution in [3.63, 3.8) is 0 Å². The number of nitrogens with zero attached hydrogens (tertiary/aromatic N) is 1. The van der Waals surface area contributed by atoms with E-state index in [9.17, 15) is 9.59 Å². The van der Waals surface area contributed by atoms with E-state index in [1.165, 1.54) is 0 Å². The number of urea groups is 1. The lowest BCUT2D eigenvalue weighted by Gasteiger charge is -2.24. The average Bonchev–Trinajstić information content (AvgIpc) is 3.19. The monoisotopic (exact) mass is 303 g/mol. The van der Waals surface area contributed by atoms with Crippen LogP contribution in [0.1, 0.15) is 25.7 Å². The van der Waals surface area contributed by atoms with Crippen molar-refractivity contribution in [3.05, 3.63) is 24.3 Å². The van der Waals surface area contributed by atoms with Gasteiger partial charge in [0, 0.05) is 18.3 Å². The molecule has 6 nitrogen and oxygen atoms in total. The lowest BCUT2D eigenvalue weighted by molar-refractivity contribution is -0.124. The number of carbonyl (C=O) groups is 2. The molecule has 0 spiro atoms. The highest BCUT2D eigenvalue weighted by atomic mass is 16.5. The summed E-state index contributed by atoms with van der Waals surface area (Å²) in [6, 6.07) is 6.89. The van der Waals surface area contributed by atoms with Gasteiger partial charge in [0.25, 0.3) is 0 Å². The smallest absolute Gasteiger partial charge is 0.322 e. The van der Waals surface area contributed by atoms with Crippen LogP contribution < -0.4 is 15.4 Å². The molecule has 1 saturated carbocycles. The SMILES string of the molecule is COc1ccc(NC(=O)N2CCCC2C(=O)NC2CC2)cc1. The van der Waals surface area contributed by atoms with E-state index in [2.05, 4.69) is 10.6 Å². The first-order valence-electron chi connectivity index (χ1n) is 7.69. The molecule has 2 N–H and O–H groups in total. The molecule has 1 saturated heterocycles. The van der Waals surface area contributed by atoms with Crippen molar-refractivity contribution in [2.45, 2.75) is 37.8 Å². The number of nitrogens with one attached hydrogen (secondary N) is 2. The Kier molecular flexibility index (Phi) is 4.18. The van der Waals surface area contributed by atoms with E-state index in [-0.39, 0.29) is 18.0 Å². The molecule has 1 heterocycles. The van der Waals surface area contributed by atoms with Crippen LogP contribution in [0.3, 0.4) is 0 Å². The highest BCUT2D eigenvalue weighted by molar-refractivity contribution is 5.94. The molecule has 1 aliphatic carbocycles. The summed E-state index contributed by atoms with van der Waals surface area (Å²) in [5, 5.41) is 5.82. The summed E-state index contributed by atoms with van der Waals surface area (Å²) in [6.45, 7) is 0.616. The van der Waals surface area contributed by atoms with Gasteiger partial charge in [-0.05, 0) is 49.9 Å². The van der Waals surface area contributed by atoms with Crippen LogP contribution >= 0.6 is 0 Å². The minimum atomic E-state index is -0.348. The number of hydrogen-bond donors (Lipinski definition) is 2. The van der Waals surface area contributed by atoms with Gasteiger partial charge in [0.05, 0.1) is 7.11 Å². The van der Waals surface area contributed by atoms with Crippen LogP contribution in [0.15, 0.2) is 24.3 Å². The Morgan fingerprint density at radius 2 is 1.91 bits per heavy atom. The largest absolute Gasteiger partial charge is 0.497 e. The number of rotatable bonds is 4. The third-order valence-electron chi connectivity index (χ3n) is 4.08. The Labute approximate surface area is 129 Å². The summed E-state index contributed by atoms with van der Waals surface area (Å²) in [7, 11) is 1.60. The minimum Gasteiger partial charge on any atom is -0.497 e. The molecule has 0 bridgehead atoms. The van der Waals surface area contributed by atoms with Crippen LogP contribution in [0, 0.1) is 0 Å². The van der Waals surface area contributed by atoms with Crippen LogP contribution in [-0.2, 0) is 4.79 Å². The first-order chi connectivity index (χ1) is 10.7. The zero-order valence-corrected chi connectivity index (χ0v) is 12.7. The van der Waals surface area contributed by atoms with Crippen molar-refractivity contribution in [2.24, 2.45) is 0 Å². The second-order valence-electron chi connectivity index (χ2n) is 5.79. The first-order valence-corrected chi connectivity index (χ1v) is 7.69. The Hall–Kier alpha value is -2.24. The predicted octanol–water partition coefficient (Wildman–Crippen LogP) is 1.97. The van der Waals surface area contributed by atoms with Crippen molar-refractivity contribution in [2.75, 3.05) is 19.0 Å². The summed E-state index contributed by atoms with van der Waals surface area (Å²) in [5.41, 5.74) is 0.694. The van der Waals surface area contributed by atoms with E-state index < -0.39 is 0 Å². The maximum atomic E-state index is 12.4. The Morgan fingerprint density at radius 1 is 1.18 bits per heavy atom. The number of methoxy groups -OCH3 is 1. The predicted molar refractivity (Wildman–Crippen MR) is 82.9 cm³/mol. The molecule has 1 aromatic rings. The zero-order chi connectivity index (χ0) is 15.5. The van der Waals surface area contributed by atoms with Crippen LogP contribution in [0.5, 0.6) is 5.75 Å². The van der Waals surface area contributed by atoms with Gasteiger partial charge in [0.1, 0.15) is 11.8 Å². The molecule has 3 rings (SSSR count). The lowest BCUT2D eigenvalue weighted by atomic mass is 10.2. The fraction of sp³-hybridized carbons (Fsp3) is 0.500. The van der Waals surface area contributed by atoms with Crippen molar-refractivity contribution >= 4 is 17.6 Å². The normalized spacial score (nSPS) is 20.6. The maximum Gasteiger partial charge on any atom is 0.322 e. The summed E-state index contributed by atoms with van der Waals surface area (Å²) in [5.74, 6) is 0.714. The molecule has 2 aliphatic rings. The molecule has 1 aliphatic heterocycles. The Balaban J connectivity index is 1.60. The Morgan fingerprint density at radius 3 is 2.55 bits per heavy atom. The van der Waals surface area contributed by atoms with Gasteiger partial charge >= 0.3 is 6.03 Å². The van der Waals surface area contributed by atoms with Crippen molar-refractivity contribution in [3.8, 4) is 5.75 Å². The van der Waals surface area contributed by atoms with E-state index >= 15 is 0 Å². The number of benzene rings is 1. The molecule has 22 heavy (non-hydrogen) atoms. The second kappa shape index (κ2) is 6.25. The van der Waals surface area contributed by atoms with Gasteiger partial charge in [-0.15, -0.1) is 0 Å². The number of likely N-dealkylation sites (tertiary alicyclic amines) is 1. The Bertz CT molecular complexity index is 554. The van der Waals surface area contributed by atoms with Gasteiger partial charge in [-0.2, -0.15) is 0 Å². The zero-order valence-electron chi connectivity index (χ0n) is 12.7. The van der Waals surface area contributed by atoms with Crippen molar-refractivity contribution in [1.29, 1.82) is 0 Å². The highest BCUT2D eigenvalue weighted by Crippen LogP contribution is 2.23. The van der Waals surface area contributed by atoms with Gasteiger partial charge in [-0.3, -0.25) is 4.79 Å². The fourth-order valence-electron chi connectivity index (χ4n) is 2.68. The van der Waals surface area contributed by atoms with Crippen LogP contribution in [-0.4, -0.2) is 42.6 Å². The average molecular weight is 303 g/mol. The first kappa shape index (κ1) is 14.7. The van der Waals surface area contributed by atoms with E-state index in [1.54, 1.807) is 36.3 Å². The minimum absolute atomic E-state index is 0.0233. The fourth-order valence-corrected chi connectivity index (χ4v) is 2.68. The molecular formula is C16H21N3O3. The molecular weight excluding hydrogens is 282 g/mol. The quantitative estimate of drug-likeness (QED) is 0.893. The third kappa shape index (κ3) is 3.32. The van der Waals surface area contributed by atoms with Crippen molar-refractivity contribution < 1.29 is 14.3 Å². The van der Waals surface area contributed by atoms with Crippen molar-refractivity contribution in [1.82, 2.24) is 10.2 Å². The third-order valence-corrected chi connectivity index (χ3v) is 4.08. The van der Waals surface area contributed by atoms with Gasteiger partial charge in [-0.1, -0.05) is 0 Å². The van der Waals surface area contributed by atoms with Crippen LogP contribution in [0.4, 0.5) is 10.5 Å². The molecule has 118 valence electrons. The molecule has 0 radical (unpaired) electrons. The highest BCUT2D eigenvalue weighted by Gasteiger charge is 2.36. The van der Waals surface area contributed by atoms with Gasteiger partial charge in [0.15, 0.2) is 0 Å². The molecule has 1 unspecified atom stereocenters. The topological polar surface area (TPSA) is 70.7 Å². The van der Waals surface area contributed by atoms with Crippen LogP contribution in [0.25, 0.3) is 0 Å². The summed E-state index contributed by atoms with van der Waals surface area (Å²) >= 11 is 0. The van der Waals surface area contributed by atoms with Gasteiger partial charge < -0.3 is 20.3 Å². The number of amides is 3. The maximum absolute atomic E-state index is 12.4. The number of ether oxygens (including phenoxy) is 1. The van der Waals surface area contributed by atoms with E-state index in [0.717, 1.165) is 31.4 Å². The van der Waals surface area contributed by atoms with E-state index in [0.29, 0.717) is 18.3 Å². The molecule has 1 atom stereocenters. The molecule has 1 aromatic carbocycles. The standard InChI is InChI=1S/C16H21N3O3/c1-22-13-8-6-12(7-9-13)18-16(21)19-10-2-3-14(19)15(20)17-11-4-5-11/h6-9,11,14H,2-5,10H2,1H3,(H,17,20)(H,18,21). The number of hydrogen-bond acceptors (Lipinski definition) is 3. The summed E-state index contributed by atoms with van der Waals surface area (Å²) in [4.78, 5) is 26.2. The molecule has 3 amide bonds. The molecule has 2 fully saturated rings. The van der Waals surface area contributed by atoms with E-state index in [1.807, 2.05) is 0 Å². The summed E-state index contributed by atoms with van der Waals surface area (Å²) < 4.78 is 5.09. The van der Waals surface area contributed by atoms with E-state index in [4.69, 9.17) is 4.74 Å². The molecule has 6 heteroatoms. The van der Waals surface area contributed by atoms with Gasteiger partial charge in [0.2, 0.25) is 5.91 Å². The van der Waals surface area contributed by atoms with Crippen LogP contribution in [0.2, 0.25) is 0 Å². The summed E-state index contributed by atoms with van der Waals surface area (Å²) in [6.07, 6.45) is 3.69. The number of carbonyl (C=O) groups excluding carboxylic acids is 2. The van der Waals surface area contributed by atoms with Gasteiger partial charge in [-0.25, -0.2) is 4.79 Å². The lowest BCUT2D eigenvalue weighted by Crippen LogP contribution is -2.47. The molecule has 0 aromatic heterocycles. The number of anilines is 1.